The second-order valence-corrected chi connectivity index (χ2v) is 7.70. The Kier molecular flexibility index (Phi) is 4.41. The van der Waals surface area contributed by atoms with Crippen LogP contribution < -0.4 is 5.73 Å². The summed E-state index contributed by atoms with van der Waals surface area (Å²) in [5.41, 5.74) is 8.31. The monoisotopic (exact) mass is 393 g/mol. The number of halogens is 2. The van der Waals surface area contributed by atoms with E-state index in [2.05, 4.69) is 22.9 Å². The second kappa shape index (κ2) is 6.10. The highest BCUT2D eigenvalue weighted by Crippen LogP contribution is 2.58. The number of ketones is 2. The van der Waals surface area contributed by atoms with Crippen LogP contribution in [0.25, 0.3) is 5.57 Å². The fraction of sp³-hybridized carbons (Fsp3) is 0.474. The topological polar surface area (TPSA) is 60.2 Å². The van der Waals surface area contributed by atoms with Crippen LogP contribution in [0.5, 0.6) is 0 Å². The van der Waals surface area contributed by atoms with Crippen molar-refractivity contribution < 1.29 is 14.0 Å². The van der Waals surface area contributed by atoms with Crippen LogP contribution in [0.1, 0.15) is 57.1 Å². The molecular weight excluding hydrogens is 373 g/mol. The molecule has 24 heavy (non-hydrogen) atoms. The minimum atomic E-state index is -0.514. The Hall–Kier alpha value is -1.49. The lowest BCUT2D eigenvalue weighted by atomic mass is 9.66. The first-order valence-corrected chi connectivity index (χ1v) is 9.17. The first-order valence-electron chi connectivity index (χ1n) is 8.38. The van der Waals surface area contributed by atoms with Gasteiger partial charge in [-0.3, -0.25) is 9.59 Å². The molecule has 0 radical (unpaired) electrons. The highest BCUT2D eigenvalue weighted by atomic mass is 79.9. The smallest absolute Gasteiger partial charge is 0.166 e. The van der Waals surface area contributed by atoms with Gasteiger partial charge >= 0.3 is 0 Å². The van der Waals surface area contributed by atoms with Gasteiger partial charge in [-0.25, -0.2) is 4.39 Å². The van der Waals surface area contributed by atoms with Gasteiger partial charge in [0.05, 0.1) is 11.3 Å². The van der Waals surface area contributed by atoms with Crippen molar-refractivity contribution in [3.8, 4) is 0 Å². The number of hydrogen-bond acceptors (Lipinski definition) is 3. The molecule has 128 valence electrons. The van der Waals surface area contributed by atoms with E-state index in [1.165, 1.54) is 13.0 Å². The van der Waals surface area contributed by atoms with E-state index < -0.39 is 5.82 Å². The molecule has 1 aromatic carbocycles. The molecule has 0 aromatic heterocycles. The third kappa shape index (κ3) is 2.44. The van der Waals surface area contributed by atoms with Gasteiger partial charge in [0.1, 0.15) is 5.82 Å². The van der Waals surface area contributed by atoms with Crippen molar-refractivity contribution in [2.45, 2.75) is 52.4 Å². The van der Waals surface area contributed by atoms with Gasteiger partial charge in [0.25, 0.3) is 0 Å². The van der Waals surface area contributed by atoms with Crippen LogP contribution in [-0.4, -0.2) is 11.6 Å². The first kappa shape index (κ1) is 17.3. The fourth-order valence-electron chi connectivity index (χ4n) is 4.24. The molecule has 0 bridgehead atoms. The molecule has 2 aliphatic carbocycles. The lowest BCUT2D eigenvalue weighted by Crippen LogP contribution is -2.30. The molecule has 0 saturated heterocycles. The number of carbonyl (C=O) groups excluding carboxylic acids is 2. The number of nitrogen functional groups attached to an aromatic ring is 1. The second-order valence-electron chi connectivity index (χ2n) is 6.90. The molecule has 1 aromatic rings. The maximum atomic E-state index is 14.2. The van der Waals surface area contributed by atoms with E-state index in [1.54, 1.807) is 0 Å². The minimum absolute atomic E-state index is 0.0920. The van der Waals surface area contributed by atoms with E-state index in [4.69, 9.17) is 5.73 Å². The highest BCUT2D eigenvalue weighted by molar-refractivity contribution is 9.10. The number of fused-ring (bicyclic) bond motifs is 3. The summed E-state index contributed by atoms with van der Waals surface area (Å²) in [6, 6.07) is 1.40. The summed E-state index contributed by atoms with van der Waals surface area (Å²) in [5, 5.41) is 0. The summed E-state index contributed by atoms with van der Waals surface area (Å²) in [6.07, 6.45) is 4.73. The number of unbranched alkanes of at least 4 members (excludes halogenated alkanes) is 1. The van der Waals surface area contributed by atoms with Gasteiger partial charge in [0.15, 0.2) is 11.6 Å². The van der Waals surface area contributed by atoms with Crippen molar-refractivity contribution in [1.82, 2.24) is 0 Å². The van der Waals surface area contributed by atoms with Crippen LogP contribution >= 0.6 is 15.9 Å². The Bertz CT molecular complexity index is 784. The molecular formula is C19H21BrFNO2. The molecule has 0 saturated carbocycles. The van der Waals surface area contributed by atoms with Gasteiger partial charge in [-0.15, -0.1) is 0 Å². The predicted molar refractivity (Wildman–Crippen MR) is 96.0 cm³/mol. The molecule has 0 aliphatic heterocycles. The number of rotatable bonds is 4. The highest BCUT2D eigenvalue weighted by Gasteiger charge is 2.48. The van der Waals surface area contributed by atoms with Crippen molar-refractivity contribution >= 4 is 38.8 Å². The van der Waals surface area contributed by atoms with Crippen molar-refractivity contribution in [3.63, 3.8) is 0 Å². The molecule has 0 amide bonds. The standard InChI is InChI=1S/C19H21BrFNO2/c1-3-4-6-19-7-5-14(24)15(10(2)23)16(19)11-8-13(21)18(22)17(20)12(11)9-19/h8H,3-7,9,22H2,1-2H3. The minimum Gasteiger partial charge on any atom is -0.395 e. The summed E-state index contributed by atoms with van der Waals surface area (Å²) >= 11 is 3.42. The van der Waals surface area contributed by atoms with Crippen molar-refractivity contribution in [1.29, 1.82) is 0 Å². The van der Waals surface area contributed by atoms with Crippen molar-refractivity contribution in [3.05, 3.63) is 33.1 Å². The van der Waals surface area contributed by atoms with Crippen molar-refractivity contribution in [2.24, 2.45) is 5.41 Å². The third-order valence-corrected chi connectivity index (χ3v) is 6.30. The lowest BCUT2D eigenvalue weighted by molar-refractivity contribution is -0.121. The molecule has 5 heteroatoms. The third-order valence-electron chi connectivity index (χ3n) is 5.39. The number of carbonyl (C=O) groups is 2. The average Bonchev–Trinajstić information content (AvgIpc) is 2.86. The quantitative estimate of drug-likeness (QED) is 0.599. The van der Waals surface area contributed by atoms with E-state index in [0.717, 1.165) is 30.4 Å². The molecule has 0 fully saturated rings. The number of Topliss-reactive ketones (excluding diaryl/α,β-unsaturated/α-hetero) is 2. The van der Waals surface area contributed by atoms with Crippen LogP contribution in [0.15, 0.2) is 16.1 Å². The summed E-state index contributed by atoms with van der Waals surface area (Å²) < 4.78 is 14.8. The predicted octanol–water partition coefficient (Wildman–Crippen LogP) is 4.61. The number of nitrogens with two attached hydrogens (primary N) is 1. The summed E-state index contributed by atoms with van der Waals surface area (Å²) in [7, 11) is 0. The molecule has 0 spiro atoms. The molecule has 3 nitrogen and oxygen atoms in total. The van der Waals surface area contributed by atoms with E-state index in [0.29, 0.717) is 29.3 Å². The number of benzene rings is 1. The molecule has 1 atom stereocenters. The van der Waals surface area contributed by atoms with Crippen LogP contribution in [0.4, 0.5) is 10.1 Å². The Labute approximate surface area is 149 Å². The van der Waals surface area contributed by atoms with Crippen LogP contribution in [0, 0.1) is 11.2 Å². The van der Waals surface area contributed by atoms with Crippen LogP contribution in [0.3, 0.4) is 0 Å². The van der Waals surface area contributed by atoms with E-state index >= 15 is 0 Å². The summed E-state index contributed by atoms with van der Waals surface area (Å²) in [4.78, 5) is 24.6. The zero-order valence-corrected chi connectivity index (χ0v) is 15.6. The largest absolute Gasteiger partial charge is 0.395 e. The van der Waals surface area contributed by atoms with Crippen LogP contribution in [-0.2, 0) is 16.0 Å². The van der Waals surface area contributed by atoms with Gasteiger partial charge < -0.3 is 5.73 Å². The van der Waals surface area contributed by atoms with Gasteiger partial charge in [0.2, 0.25) is 0 Å². The lowest BCUT2D eigenvalue weighted by Gasteiger charge is -2.36. The van der Waals surface area contributed by atoms with Crippen molar-refractivity contribution in [2.75, 3.05) is 5.73 Å². The first-order chi connectivity index (χ1) is 11.3. The van der Waals surface area contributed by atoms with Gasteiger partial charge in [-0.1, -0.05) is 19.8 Å². The molecule has 2 N–H and O–H groups in total. The van der Waals surface area contributed by atoms with Gasteiger partial charge in [0, 0.05) is 16.3 Å². The SMILES string of the molecule is CCCCC12CCC(=O)C(C(C)=O)=C1c1cc(F)c(N)c(Br)c1C2. The average molecular weight is 394 g/mol. The Morgan fingerprint density at radius 2 is 2.17 bits per heavy atom. The summed E-state index contributed by atoms with van der Waals surface area (Å²) in [6.45, 7) is 3.55. The van der Waals surface area contributed by atoms with Gasteiger partial charge in [-0.2, -0.15) is 0 Å². The molecule has 2 aliphatic rings. The Morgan fingerprint density at radius 3 is 2.79 bits per heavy atom. The van der Waals surface area contributed by atoms with Crippen LogP contribution in [0.2, 0.25) is 0 Å². The number of allylic oxidation sites excluding steroid dienone is 2. The molecule has 3 rings (SSSR count). The molecule has 1 unspecified atom stereocenters. The Balaban J connectivity index is 2.32. The van der Waals surface area contributed by atoms with E-state index in [1.807, 2.05) is 0 Å². The summed E-state index contributed by atoms with van der Waals surface area (Å²) in [5.74, 6) is -0.858. The maximum absolute atomic E-state index is 14.2. The van der Waals surface area contributed by atoms with E-state index in [-0.39, 0.29) is 28.2 Å². The van der Waals surface area contributed by atoms with E-state index in [9.17, 15) is 14.0 Å². The maximum Gasteiger partial charge on any atom is 0.166 e. The zero-order chi connectivity index (χ0) is 17.6. The zero-order valence-electron chi connectivity index (χ0n) is 14.0. The molecule has 0 heterocycles. The normalized spacial score (nSPS) is 22.6. The Morgan fingerprint density at radius 1 is 1.46 bits per heavy atom. The number of hydrogen-bond donors (Lipinski definition) is 1. The van der Waals surface area contributed by atoms with Gasteiger partial charge in [-0.05, 0) is 64.9 Å². The fourth-order valence-corrected chi connectivity index (χ4v) is 4.79. The number of anilines is 1.